The van der Waals surface area contributed by atoms with E-state index in [1.165, 1.54) is 13.0 Å². The van der Waals surface area contributed by atoms with Gasteiger partial charge in [-0.25, -0.2) is 13.2 Å². The zero-order valence-electron chi connectivity index (χ0n) is 6.90. The lowest BCUT2D eigenvalue weighted by atomic mass is 10.0. The van der Waals surface area contributed by atoms with Crippen molar-refractivity contribution in [1.29, 1.82) is 0 Å². The van der Waals surface area contributed by atoms with E-state index in [-0.39, 0.29) is 10.6 Å². The first-order chi connectivity index (χ1) is 6.02. The molecule has 0 nitrogen and oxygen atoms in total. The molecule has 1 aromatic rings. The van der Waals surface area contributed by atoms with Gasteiger partial charge in [-0.05, 0) is 23.8 Å². The molecule has 0 fully saturated rings. The summed E-state index contributed by atoms with van der Waals surface area (Å²) in [6.07, 6.45) is -2.53. The maximum Gasteiger partial charge on any atom is 0.245 e. The van der Waals surface area contributed by atoms with Crippen molar-refractivity contribution < 1.29 is 13.2 Å². The molecule has 0 spiro atoms. The van der Waals surface area contributed by atoms with Crippen molar-refractivity contribution in [3.8, 4) is 0 Å². The predicted octanol–water partition coefficient (Wildman–Crippen LogP) is 3.85. The van der Waals surface area contributed by atoms with E-state index in [9.17, 15) is 13.2 Å². The van der Waals surface area contributed by atoms with Crippen LogP contribution < -0.4 is 0 Å². The quantitative estimate of drug-likeness (QED) is 0.693. The van der Waals surface area contributed by atoms with Gasteiger partial charge in [0.2, 0.25) is 6.43 Å². The highest BCUT2D eigenvalue weighted by molar-refractivity contribution is 6.31. The van der Waals surface area contributed by atoms with Crippen LogP contribution in [0, 0.1) is 5.82 Å². The molecular weight excluding hydrogens is 201 g/mol. The zero-order chi connectivity index (χ0) is 10.0. The molecular formula is C9H8ClF3. The largest absolute Gasteiger partial charge is 0.245 e. The first-order valence-electron chi connectivity index (χ1n) is 3.75. The van der Waals surface area contributed by atoms with Crippen LogP contribution in [0.5, 0.6) is 0 Å². The number of hydrogen-bond acceptors (Lipinski definition) is 0. The molecule has 13 heavy (non-hydrogen) atoms. The minimum absolute atomic E-state index is 0.150. The van der Waals surface area contributed by atoms with Crippen LogP contribution in [0.15, 0.2) is 18.2 Å². The second kappa shape index (κ2) is 4.01. The maximum atomic E-state index is 12.7. The van der Waals surface area contributed by atoms with Crippen LogP contribution >= 0.6 is 11.6 Å². The summed E-state index contributed by atoms with van der Waals surface area (Å²) < 4.78 is 37.2. The molecule has 72 valence electrons. The van der Waals surface area contributed by atoms with E-state index in [4.69, 9.17) is 11.6 Å². The summed E-state index contributed by atoms with van der Waals surface area (Å²) in [5, 5.41) is 0.175. The Morgan fingerprint density at radius 3 is 2.46 bits per heavy atom. The first kappa shape index (κ1) is 10.4. The third-order valence-electron chi connectivity index (χ3n) is 1.83. The summed E-state index contributed by atoms with van der Waals surface area (Å²) in [6.45, 7) is 1.31. The minimum Gasteiger partial charge on any atom is -0.210 e. The second-order valence-electron chi connectivity index (χ2n) is 2.79. The molecule has 0 aromatic heterocycles. The van der Waals surface area contributed by atoms with Gasteiger partial charge in [-0.1, -0.05) is 18.5 Å². The van der Waals surface area contributed by atoms with Gasteiger partial charge in [0.25, 0.3) is 0 Å². The monoisotopic (exact) mass is 208 g/mol. The number of benzene rings is 1. The average Bonchev–Trinajstić information content (AvgIpc) is 2.08. The first-order valence-corrected chi connectivity index (χ1v) is 4.13. The van der Waals surface area contributed by atoms with E-state index in [0.29, 0.717) is 0 Å². The molecule has 1 atom stereocenters. The van der Waals surface area contributed by atoms with Crippen LogP contribution in [0.3, 0.4) is 0 Å². The Labute approximate surface area is 79.3 Å². The number of hydrogen-bond donors (Lipinski definition) is 0. The molecule has 0 saturated heterocycles. The third kappa shape index (κ3) is 2.37. The van der Waals surface area contributed by atoms with Gasteiger partial charge in [-0.3, -0.25) is 0 Å². The Morgan fingerprint density at radius 1 is 1.31 bits per heavy atom. The molecule has 4 heteroatoms. The van der Waals surface area contributed by atoms with E-state index in [0.717, 1.165) is 12.1 Å². The molecule has 0 amide bonds. The highest BCUT2D eigenvalue weighted by Crippen LogP contribution is 2.29. The lowest BCUT2D eigenvalue weighted by Gasteiger charge is -2.12. The highest BCUT2D eigenvalue weighted by Gasteiger charge is 2.19. The SMILES string of the molecule is CC(c1cc(F)ccc1Cl)C(F)F. The van der Waals surface area contributed by atoms with E-state index < -0.39 is 18.2 Å². The van der Waals surface area contributed by atoms with Gasteiger partial charge in [0.15, 0.2) is 0 Å². The number of alkyl halides is 2. The van der Waals surface area contributed by atoms with Gasteiger partial charge in [-0.15, -0.1) is 0 Å². The lowest BCUT2D eigenvalue weighted by molar-refractivity contribution is 0.121. The fourth-order valence-electron chi connectivity index (χ4n) is 0.999. The van der Waals surface area contributed by atoms with E-state index >= 15 is 0 Å². The Hall–Kier alpha value is -0.700. The van der Waals surface area contributed by atoms with Crippen molar-refractivity contribution in [1.82, 2.24) is 0 Å². The Kier molecular flexibility index (Phi) is 3.20. The van der Waals surface area contributed by atoms with Gasteiger partial charge in [-0.2, -0.15) is 0 Å². The lowest BCUT2D eigenvalue weighted by Crippen LogP contribution is -2.05. The summed E-state index contributed by atoms with van der Waals surface area (Å²) in [5.74, 6) is -1.59. The van der Waals surface area contributed by atoms with Crippen molar-refractivity contribution in [2.75, 3.05) is 0 Å². The molecule has 0 radical (unpaired) electrons. The maximum absolute atomic E-state index is 12.7. The van der Waals surface area contributed by atoms with Gasteiger partial charge in [0.1, 0.15) is 5.82 Å². The van der Waals surface area contributed by atoms with Crippen LogP contribution in [-0.2, 0) is 0 Å². The molecule has 1 unspecified atom stereocenters. The van der Waals surface area contributed by atoms with E-state index in [1.54, 1.807) is 0 Å². The van der Waals surface area contributed by atoms with Crippen molar-refractivity contribution >= 4 is 11.6 Å². The van der Waals surface area contributed by atoms with Crippen LogP contribution in [0.2, 0.25) is 5.02 Å². The zero-order valence-corrected chi connectivity index (χ0v) is 7.65. The number of rotatable bonds is 2. The van der Waals surface area contributed by atoms with Crippen molar-refractivity contribution in [3.63, 3.8) is 0 Å². The number of halogens is 4. The Balaban J connectivity index is 3.05. The van der Waals surface area contributed by atoms with Crippen LogP contribution in [0.4, 0.5) is 13.2 Å². The topological polar surface area (TPSA) is 0 Å². The van der Waals surface area contributed by atoms with E-state index in [2.05, 4.69) is 0 Å². The molecule has 0 N–H and O–H groups in total. The summed E-state index contributed by atoms with van der Waals surface area (Å²) in [4.78, 5) is 0. The molecule has 0 aliphatic heterocycles. The molecule has 1 rings (SSSR count). The molecule has 1 aromatic carbocycles. The predicted molar refractivity (Wildman–Crippen MR) is 45.8 cm³/mol. The van der Waals surface area contributed by atoms with Gasteiger partial charge in [0.05, 0.1) is 0 Å². The molecule has 0 bridgehead atoms. The van der Waals surface area contributed by atoms with Gasteiger partial charge >= 0.3 is 0 Å². The fourth-order valence-corrected chi connectivity index (χ4v) is 1.29. The summed E-state index contributed by atoms with van der Waals surface area (Å²) in [6, 6.07) is 3.47. The standard InChI is InChI=1S/C9H8ClF3/c1-5(9(12)13)7-4-6(11)2-3-8(7)10/h2-5,9H,1H3. The van der Waals surface area contributed by atoms with E-state index in [1.807, 2.05) is 0 Å². The molecule has 0 aliphatic carbocycles. The Morgan fingerprint density at radius 2 is 1.92 bits per heavy atom. The summed E-state index contributed by atoms with van der Waals surface area (Å²) >= 11 is 5.64. The highest BCUT2D eigenvalue weighted by atomic mass is 35.5. The van der Waals surface area contributed by atoms with Crippen molar-refractivity contribution in [2.45, 2.75) is 19.3 Å². The average molecular weight is 209 g/mol. The smallest absolute Gasteiger partial charge is 0.210 e. The summed E-state index contributed by atoms with van der Waals surface area (Å²) in [5.41, 5.74) is 0.150. The minimum atomic E-state index is -2.53. The van der Waals surface area contributed by atoms with Gasteiger partial charge < -0.3 is 0 Å². The van der Waals surface area contributed by atoms with Crippen molar-refractivity contribution in [3.05, 3.63) is 34.6 Å². The normalized spacial score (nSPS) is 13.4. The van der Waals surface area contributed by atoms with Gasteiger partial charge in [0, 0.05) is 10.9 Å². The Bertz CT molecular complexity index is 299. The molecule has 0 heterocycles. The van der Waals surface area contributed by atoms with Crippen LogP contribution in [0.1, 0.15) is 18.4 Å². The van der Waals surface area contributed by atoms with Crippen LogP contribution in [0.25, 0.3) is 0 Å². The second-order valence-corrected chi connectivity index (χ2v) is 3.20. The fraction of sp³-hybridized carbons (Fsp3) is 0.333. The molecule has 0 saturated carbocycles. The summed E-state index contributed by atoms with van der Waals surface area (Å²) in [7, 11) is 0. The third-order valence-corrected chi connectivity index (χ3v) is 2.17. The molecule has 0 aliphatic rings. The van der Waals surface area contributed by atoms with Crippen molar-refractivity contribution in [2.24, 2.45) is 0 Å². The van der Waals surface area contributed by atoms with Crippen LogP contribution in [-0.4, -0.2) is 6.43 Å².